The van der Waals surface area contributed by atoms with E-state index in [9.17, 15) is 4.79 Å². The smallest absolute Gasteiger partial charge is 0.238 e. The molecule has 0 spiro atoms. The number of amides is 1. The molecule has 0 radical (unpaired) electrons. The zero-order chi connectivity index (χ0) is 12.5. The second-order valence-corrected chi connectivity index (χ2v) is 6.08. The average Bonchev–Trinajstić information content (AvgIpc) is 2.96. The van der Waals surface area contributed by atoms with Gasteiger partial charge in [0, 0.05) is 24.0 Å². The summed E-state index contributed by atoms with van der Waals surface area (Å²) >= 11 is 1.71. The minimum Gasteiger partial charge on any atom is -0.320 e. The zero-order valence-electron chi connectivity index (χ0n) is 10.6. The fourth-order valence-corrected chi connectivity index (χ4v) is 3.27. The summed E-state index contributed by atoms with van der Waals surface area (Å²) in [7, 11) is 2.16. The standard InChI is InChI=1S/C13H19N3OS/c1-15(10-4-5-10)6-7-16-12(17)9-14-13(16)11-3-2-8-18-11/h2-3,8,10,13-14H,4-7,9H2,1H3. The maximum atomic E-state index is 11.9. The minimum absolute atomic E-state index is 0.0881. The molecule has 2 heterocycles. The molecule has 1 N–H and O–H groups in total. The Hall–Kier alpha value is -0.910. The Morgan fingerprint density at radius 3 is 3.06 bits per heavy atom. The topological polar surface area (TPSA) is 35.6 Å². The van der Waals surface area contributed by atoms with Crippen molar-refractivity contribution in [3.05, 3.63) is 22.4 Å². The molecule has 1 aliphatic carbocycles. The van der Waals surface area contributed by atoms with E-state index in [1.54, 1.807) is 11.3 Å². The second kappa shape index (κ2) is 4.99. The van der Waals surface area contributed by atoms with E-state index in [4.69, 9.17) is 0 Å². The molecule has 2 aliphatic rings. The van der Waals surface area contributed by atoms with Gasteiger partial charge in [0.1, 0.15) is 6.17 Å². The highest BCUT2D eigenvalue weighted by Crippen LogP contribution is 2.28. The number of likely N-dealkylation sites (N-methyl/N-ethyl adjacent to an activating group) is 1. The highest BCUT2D eigenvalue weighted by atomic mass is 32.1. The van der Waals surface area contributed by atoms with E-state index >= 15 is 0 Å². The number of nitrogens with zero attached hydrogens (tertiary/aromatic N) is 2. The van der Waals surface area contributed by atoms with Gasteiger partial charge in [-0.1, -0.05) is 6.07 Å². The van der Waals surface area contributed by atoms with Crippen molar-refractivity contribution in [1.29, 1.82) is 0 Å². The molecule has 5 heteroatoms. The van der Waals surface area contributed by atoms with Crippen LogP contribution in [0.25, 0.3) is 0 Å². The fourth-order valence-electron chi connectivity index (χ4n) is 2.46. The van der Waals surface area contributed by atoms with Crippen molar-refractivity contribution in [3.8, 4) is 0 Å². The van der Waals surface area contributed by atoms with Gasteiger partial charge in [0.25, 0.3) is 0 Å². The molecule has 4 nitrogen and oxygen atoms in total. The van der Waals surface area contributed by atoms with E-state index in [0.717, 1.165) is 19.1 Å². The number of nitrogens with one attached hydrogen (secondary N) is 1. The Morgan fingerprint density at radius 2 is 2.39 bits per heavy atom. The monoisotopic (exact) mass is 265 g/mol. The molecular weight excluding hydrogens is 246 g/mol. The highest BCUT2D eigenvalue weighted by molar-refractivity contribution is 7.10. The molecule has 18 heavy (non-hydrogen) atoms. The first kappa shape index (κ1) is 12.1. The van der Waals surface area contributed by atoms with Crippen LogP contribution in [0.3, 0.4) is 0 Å². The van der Waals surface area contributed by atoms with Gasteiger partial charge < -0.3 is 9.80 Å². The first-order valence-corrected chi connectivity index (χ1v) is 7.40. The number of hydrogen-bond acceptors (Lipinski definition) is 4. The van der Waals surface area contributed by atoms with Crippen LogP contribution >= 0.6 is 11.3 Å². The molecule has 0 bridgehead atoms. The quantitative estimate of drug-likeness (QED) is 0.871. The van der Waals surface area contributed by atoms with E-state index in [0.29, 0.717) is 6.54 Å². The van der Waals surface area contributed by atoms with Gasteiger partial charge in [-0.05, 0) is 31.3 Å². The van der Waals surface area contributed by atoms with Gasteiger partial charge in [0.05, 0.1) is 6.54 Å². The summed E-state index contributed by atoms with van der Waals surface area (Å²) < 4.78 is 0. The first-order chi connectivity index (χ1) is 8.75. The van der Waals surface area contributed by atoms with Crippen LogP contribution in [-0.4, -0.2) is 48.4 Å². The van der Waals surface area contributed by atoms with Crippen LogP contribution in [0, 0.1) is 0 Å². The Bertz CT molecular complexity index is 416. The van der Waals surface area contributed by atoms with Crippen molar-refractivity contribution < 1.29 is 4.79 Å². The van der Waals surface area contributed by atoms with Crippen LogP contribution in [0.1, 0.15) is 23.9 Å². The maximum Gasteiger partial charge on any atom is 0.238 e. The van der Waals surface area contributed by atoms with Gasteiger partial charge >= 0.3 is 0 Å². The molecule has 98 valence electrons. The molecule has 1 aromatic heterocycles. The van der Waals surface area contributed by atoms with Gasteiger partial charge in [0.15, 0.2) is 0 Å². The summed E-state index contributed by atoms with van der Waals surface area (Å²) in [6.07, 6.45) is 2.72. The molecule has 1 aromatic rings. The summed E-state index contributed by atoms with van der Waals surface area (Å²) in [5.74, 6) is 0.220. The number of rotatable bonds is 5. The van der Waals surface area contributed by atoms with E-state index in [-0.39, 0.29) is 12.1 Å². The van der Waals surface area contributed by atoms with Crippen LogP contribution in [0.2, 0.25) is 0 Å². The maximum absolute atomic E-state index is 11.9. The summed E-state index contributed by atoms with van der Waals surface area (Å²) in [6, 6.07) is 4.90. The van der Waals surface area contributed by atoms with Crippen molar-refractivity contribution in [1.82, 2.24) is 15.1 Å². The SMILES string of the molecule is CN(CCN1C(=O)CNC1c1cccs1)C1CC1. The van der Waals surface area contributed by atoms with Crippen molar-refractivity contribution in [2.45, 2.75) is 25.0 Å². The third-order valence-corrected chi connectivity index (χ3v) is 4.68. The lowest BCUT2D eigenvalue weighted by Crippen LogP contribution is -2.37. The summed E-state index contributed by atoms with van der Waals surface area (Å²) in [4.78, 5) is 17.5. The molecule has 1 saturated heterocycles. The molecule has 1 aliphatic heterocycles. The van der Waals surface area contributed by atoms with E-state index in [1.807, 2.05) is 11.0 Å². The van der Waals surface area contributed by atoms with Crippen LogP contribution in [-0.2, 0) is 4.79 Å². The van der Waals surface area contributed by atoms with Gasteiger partial charge in [-0.2, -0.15) is 0 Å². The number of carbonyl (C=O) groups is 1. The predicted octanol–water partition coefficient (Wildman–Crippen LogP) is 1.27. The van der Waals surface area contributed by atoms with Crippen LogP contribution in [0.5, 0.6) is 0 Å². The number of hydrogen-bond donors (Lipinski definition) is 1. The third kappa shape index (κ3) is 2.43. The van der Waals surface area contributed by atoms with Crippen molar-refractivity contribution in [2.75, 3.05) is 26.7 Å². The van der Waals surface area contributed by atoms with Crippen molar-refractivity contribution in [2.24, 2.45) is 0 Å². The molecule has 1 atom stereocenters. The Labute approximate surface area is 112 Å². The van der Waals surface area contributed by atoms with Gasteiger partial charge in [0.2, 0.25) is 5.91 Å². The van der Waals surface area contributed by atoms with E-state index in [2.05, 4.69) is 28.7 Å². The first-order valence-electron chi connectivity index (χ1n) is 6.52. The van der Waals surface area contributed by atoms with Gasteiger partial charge in [-0.25, -0.2) is 0 Å². The van der Waals surface area contributed by atoms with E-state index < -0.39 is 0 Å². The summed E-state index contributed by atoms with van der Waals surface area (Å²) in [6.45, 7) is 2.26. The highest BCUT2D eigenvalue weighted by Gasteiger charge is 2.33. The van der Waals surface area contributed by atoms with Crippen molar-refractivity contribution >= 4 is 17.2 Å². The summed E-state index contributed by atoms with van der Waals surface area (Å²) in [5, 5.41) is 5.36. The Kier molecular flexibility index (Phi) is 3.37. The van der Waals surface area contributed by atoms with Gasteiger partial charge in [-0.15, -0.1) is 11.3 Å². The fraction of sp³-hybridized carbons (Fsp3) is 0.615. The Balaban J connectivity index is 1.62. The predicted molar refractivity (Wildman–Crippen MR) is 72.4 cm³/mol. The lowest BCUT2D eigenvalue weighted by atomic mass is 10.3. The van der Waals surface area contributed by atoms with Crippen molar-refractivity contribution in [3.63, 3.8) is 0 Å². The lowest BCUT2D eigenvalue weighted by Gasteiger charge is -2.26. The second-order valence-electron chi connectivity index (χ2n) is 5.10. The molecule has 2 fully saturated rings. The zero-order valence-corrected chi connectivity index (χ0v) is 11.4. The molecule has 1 unspecified atom stereocenters. The number of thiophene rings is 1. The molecule has 0 aromatic carbocycles. The van der Waals surface area contributed by atoms with E-state index in [1.165, 1.54) is 17.7 Å². The van der Waals surface area contributed by atoms with Gasteiger partial charge in [-0.3, -0.25) is 10.1 Å². The molecule has 1 amide bonds. The average molecular weight is 265 g/mol. The van der Waals surface area contributed by atoms with Crippen LogP contribution in [0.15, 0.2) is 17.5 Å². The van der Waals surface area contributed by atoms with Crippen LogP contribution < -0.4 is 5.32 Å². The summed E-state index contributed by atoms with van der Waals surface area (Å²) in [5.41, 5.74) is 0. The lowest BCUT2D eigenvalue weighted by molar-refractivity contribution is -0.128. The largest absolute Gasteiger partial charge is 0.320 e. The number of carbonyl (C=O) groups excluding carboxylic acids is 1. The normalized spacial score (nSPS) is 24.2. The molecular formula is C13H19N3OS. The Morgan fingerprint density at radius 1 is 1.56 bits per heavy atom. The minimum atomic E-state index is 0.0881. The third-order valence-electron chi connectivity index (χ3n) is 3.76. The van der Waals surface area contributed by atoms with Crippen LogP contribution in [0.4, 0.5) is 0 Å². The molecule has 3 rings (SSSR count). The molecule has 1 saturated carbocycles.